The highest BCUT2D eigenvalue weighted by Gasteiger charge is 2.26. The average Bonchev–Trinajstić information content (AvgIpc) is 3.81. The van der Waals surface area contributed by atoms with Crippen molar-refractivity contribution in [2.75, 3.05) is 4.90 Å². The van der Waals surface area contributed by atoms with E-state index in [2.05, 4.69) is 198 Å². The Bertz CT molecular complexity index is 3050. The molecule has 3 nitrogen and oxygen atoms in total. The predicted molar refractivity (Wildman–Crippen MR) is 239 cm³/mol. The van der Waals surface area contributed by atoms with E-state index in [-0.39, 0.29) is 0 Å². The summed E-state index contributed by atoms with van der Waals surface area (Å²) >= 11 is 0. The SMILES string of the molecule is CCC1CC(C2C=CC(N(c3ccc(-c4ccccc4)cc3)c3ccc(-n4c5ccccc5c5cc6oc7ccccc7c6cc54)cc3)=CC2)=Cc2ccccc21. The zero-order chi connectivity index (χ0) is 37.9. The first-order valence-corrected chi connectivity index (χ1v) is 20.3. The molecule has 7 aromatic carbocycles. The number of anilines is 2. The Kier molecular flexibility index (Phi) is 8.06. The number of hydrogen-bond donors (Lipinski definition) is 0. The number of rotatable bonds is 7. The Labute approximate surface area is 333 Å². The van der Waals surface area contributed by atoms with E-state index in [0.29, 0.717) is 11.8 Å². The van der Waals surface area contributed by atoms with Gasteiger partial charge in [-0.05, 0) is 114 Å². The maximum atomic E-state index is 6.33. The van der Waals surface area contributed by atoms with E-state index in [1.54, 1.807) is 5.57 Å². The molecule has 0 N–H and O–H groups in total. The molecule has 2 heterocycles. The lowest BCUT2D eigenvalue weighted by atomic mass is 9.76. The van der Waals surface area contributed by atoms with Gasteiger partial charge in [0.1, 0.15) is 11.2 Å². The van der Waals surface area contributed by atoms with Crippen LogP contribution in [0.4, 0.5) is 11.4 Å². The summed E-state index contributed by atoms with van der Waals surface area (Å²) < 4.78 is 8.74. The maximum Gasteiger partial charge on any atom is 0.136 e. The number of nitrogens with zero attached hydrogens (tertiary/aromatic N) is 2. The maximum absolute atomic E-state index is 6.33. The number of benzene rings is 7. The van der Waals surface area contributed by atoms with E-state index in [4.69, 9.17) is 4.42 Å². The van der Waals surface area contributed by atoms with Crippen LogP contribution < -0.4 is 4.90 Å². The van der Waals surface area contributed by atoms with Gasteiger partial charge in [-0.1, -0.05) is 134 Å². The molecule has 0 amide bonds. The molecule has 2 aliphatic carbocycles. The fourth-order valence-corrected chi connectivity index (χ4v) is 9.44. The molecule has 0 fully saturated rings. The zero-order valence-corrected chi connectivity index (χ0v) is 32.0. The highest BCUT2D eigenvalue weighted by atomic mass is 16.3. The standard InChI is InChI=1S/C54H42N2O/c1-2-36-32-41(33-40-14-6-7-15-46(36)40)39-22-26-43(27-23-39)55(42-24-20-38(21-25-42)37-12-4-3-5-13-37)44-28-30-45(31-29-44)56-51-18-10-8-16-47(51)49-35-54-50(34-52(49)56)48-17-9-11-19-53(48)57-54/h3-22,24-31,33-36,39H,2,23,32H2,1H3. The molecule has 0 spiro atoms. The molecule has 9 aromatic rings. The van der Waals surface area contributed by atoms with Gasteiger partial charge in [0.2, 0.25) is 0 Å². The van der Waals surface area contributed by atoms with E-state index in [9.17, 15) is 0 Å². The number of allylic oxidation sites excluding steroid dienone is 4. The lowest BCUT2D eigenvalue weighted by molar-refractivity contribution is 0.599. The van der Waals surface area contributed by atoms with Crippen molar-refractivity contribution >= 4 is 61.2 Å². The van der Waals surface area contributed by atoms with Crippen LogP contribution in [-0.2, 0) is 0 Å². The van der Waals surface area contributed by atoms with Gasteiger partial charge in [0, 0.05) is 50.2 Å². The second kappa shape index (κ2) is 13.7. The molecule has 2 aromatic heterocycles. The molecule has 0 bridgehead atoms. The summed E-state index contributed by atoms with van der Waals surface area (Å²) in [7, 11) is 0. The molecule has 3 heteroatoms. The molecule has 11 rings (SSSR count). The third-order valence-corrected chi connectivity index (χ3v) is 12.3. The summed E-state index contributed by atoms with van der Waals surface area (Å²) in [4.78, 5) is 2.41. The van der Waals surface area contributed by atoms with Gasteiger partial charge in [-0.25, -0.2) is 0 Å². The van der Waals surface area contributed by atoms with Crippen LogP contribution in [0.25, 0.3) is 66.6 Å². The highest BCUT2D eigenvalue weighted by Crippen LogP contribution is 2.43. The van der Waals surface area contributed by atoms with Gasteiger partial charge in [-0.3, -0.25) is 0 Å². The molecular formula is C54H42N2O. The number of aromatic nitrogens is 1. The fourth-order valence-electron chi connectivity index (χ4n) is 9.44. The van der Waals surface area contributed by atoms with Crippen molar-refractivity contribution in [3.8, 4) is 16.8 Å². The Morgan fingerprint density at radius 3 is 2.11 bits per heavy atom. The number of hydrogen-bond acceptors (Lipinski definition) is 2. The van der Waals surface area contributed by atoms with Gasteiger partial charge >= 0.3 is 0 Å². The Morgan fingerprint density at radius 1 is 0.614 bits per heavy atom. The van der Waals surface area contributed by atoms with Crippen molar-refractivity contribution in [2.45, 2.75) is 32.1 Å². The lowest BCUT2D eigenvalue weighted by Crippen LogP contribution is -2.19. The minimum Gasteiger partial charge on any atom is -0.456 e. The number of furan rings is 1. The van der Waals surface area contributed by atoms with E-state index in [1.165, 1.54) is 49.8 Å². The molecule has 274 valence electrons. The normalized spacial score (nSPS) is 16.6. The van der Waals surface area contributed by atoms with Crippen molar-refractivity contribution in [3.63, 3.8) is 0 Å². The summed E-state index contributed by atoms with van der Waals surface area (Å²) in [5.41, 5.74) is 15.6. The summed E-state index contributed by atoms with van der Waals surface area (Å²) in [5.74, 6) is 0.979. The molecule has 57 heavy (non-hydrogen) atoms. The fraction of sp³-hybridized carbons (Fsp3) is 0.111. The molecule has 0 saturated carbocycles. The van der Waals surface area contributed by atoms with Crippen molar-refractivity contribution in [2.24, 2.45) is 5.92 Å². The molecular weight excluding hydrogens is 693 g/mol. The van der Waals surface area contributed by atoms with E-state index < -0.39 is 0 Å². The van der Waals surface area contributed by atoms with E-state index in [0.717, 1.165) is 58.3 Å². The van der Waals surface area contributed by atoms with Gasteiger partial charge < -0.3 is 13.9 Å². The van der Waals surface area contributed by atoms with Crippen LogP contribution in [0.15, 0.2) is 198 Å². The van der Waals surface area contributed by atoms with Crippen LogP contribution in [0.5, 0.6) is 0 Å². The summed E-state index contributed by atoms with van der Waals surface area (Å²) in [6.07, 6.45) is 13.0. The van der Waals surface area contributed by atoms with Gasteiger partial charge in [0.05, 0.1) is 11.0 Å². The van der Waals surface area contributed by atoms with Gasteiger partial charge in [-0.2, -0.15) is 0 Å². The van der Waals surface area contributed by atoms with Crippen molar-refractivity contribution < 1.29 is 4.42 Å². The van der Waals surface area contributed by atoms with E-state index >= 15 is 0 Å². The third-order valence-electron chi connectivity index (χ3n) is 12.3. The Morgan fingerprint density at radius 2 is 1.32 bits per heavy atom. The Hall–Kier alpha value is -6.84. The smallest absolute Gasteiger partial charge is 0.136 e. The topological polar surface area (TPSA) is 21.3 Å². The summed E-state index contributed by atoms with van der Waals surface area (Å²) in [5, 5.41) is 4.68. The van der Waals surface area contributed by atoms with Crippen LogP contribution in [-0.4, -0.2) is 4.57 Å². The molecule has 0 aliphatic heterocycles. The molecule has 2 aliphatic rings. The van der Waals surface area contributed by atoms with Crippen molar-refractivity contribution in [1.29, 1.82) is 0 Å². The second-order valence-electron chi connectivity index (χ2n) is 15.6. The Balaban J connectivity index is 0.986. The summed E-state index contributed by atoms with van der Waals surface area (Å²) in [6.45, 7) is 2.33. The molecule has 0 radical (unpaired) electrons. The number of fused-ring (bicyclic) bond motifs is 7. The quantitative estimate of drug-likeness (QED) is 0.163. The first kappa shape index (κ1) is 33.5. The average molecular weight is 735 g/mol. The minimum absolute atomic E-state index is 0.398. The van der Waals surface area contributed by atoms with E-state index in [1.807, 2.05) is 6.07 Å². The highest BCUT2D eigenvalue weighted by molar-refractivity contribution is 6.17. The van der Waals surface area contributed by atoms with Crippen LogP contribution in [0.1, 0.15) is 43.2 Å². The molecule has 2 atom stereocenters. The molecule has 2 unspecified atom stereocenters. The first-order chi connectivity index (χ1) is 28.2. The predicted octanol–water partition coefficient (Wildman–Crippen LogP) is 14.9. The molecule has 0 saturated heterocycles. The van der Waals surface area contributed by atoms with Crippen molar-refractivity contribution in [1.82, 2.24) is 4.57 Å². The van der Waals surface area contributed by atoms with Gasteiger partial charge in [0.15, 0.2) is 0 Å². The van der Waals surface area contributed by atoms with Crippen LogP contribution in [0.2, 0.25) is 0 Å². The zero-order valence-electron chi connectivity index (χ0n) is 32.0. The van der Waals surface area contributed by atoms with Gasteiger partial charge in [0.25, 0.3) is 0 Å². The van der Waals surface area contributed by atoms with Crippen LogP contribution in [0, 0.1) is 5.92 Å². The van der Waals surface area contributed by atoms with Crippen molar-refractivity contribution in [3.05, 3.63) is 204 Å². The third kappa shape index (κ3) is 5.73. The minimum atomic E-state index is 0.398. The lowest BCUT2D eigenvalue weighted by Gasteiger charge is -2.32. The van der Waals surface area contributed by atoms with Gasteiger partial charge in [-0.15, -0.1) is 0 Å². The number of para-hydroxylation sites is 2. The largest absolute Gasteiger partial charge is 0.456 e. The van der Waals surface area contributed by atoms with Crippen LogP contribution >= 0.6 is 0 Å². The monoisotopic (exact) mass is 734 g/mol. The van der Waals surface area contributed by atoms with Crippen LogP contribution in [0.3, 0.4) is 0 Å². The summed E-state index contributed by atoms with van der Waals surface area (Å²) in [6, 6.07) is 59.3. The first-order valence-electron chi connectivity index (χ1n) is 20.3. The second-order valence-corrected chi connectivity index (χ2v) is 15.6.